The zero-order valence-corrected chi connectivity index (χ0v) is 14.5. The van der Waals surface area contributed by atoms with Crippen LogP contribution >= 0.6 is 15.9 Å². The van der Waals surface area contributed by atoms with Gasteiger partial charge < -0.3 is 24.4 Å². The summed E-state index contributed by atoms with van der Waals surface area (Å²) in [5.74, 6) is 0.984. The number of hydrogen-bond acceptors (Lipinski definition) is 7. The van der Waals surface area contributed by atoms with Gasteiger partial charge in [-0.15, -0.1) is 0 Å². The highest BCUT2D eigenvalue weighted by molar-refractivity contribution is 9.10. The molecule has 1 atom stereocenters. The number of nitrogens with zero attached hydrogens (tertiary/aromatic N) is 1. The number of nitriles is 1. The second-order valence-electron chi connectivity index (χ2n) is 5.57. The van der Waals surface area contributed by atoms with Gasteiger partial charge in [0.2, 0.25) is 12.7 Å². The molecular weight excluding hydrogens is 392 g/mol. The van der Waals surface area contributed by atoms with Crippen molar-refractivity contribution in [2.75, 3.05) is 6.79 Å². The summed E-state index contributed by atoms with van der Waals surface area (Å²) >= 11 is 3.47. The van der Waals surface area contributed by atoms with E-state index in [4.69, 9.17) is 24.4 Å². The van der Waals surface area contributed by atoms with Gasteiger partial charge in [-0.1, -0.05) is 15.9 Å². The first-order chi connectivity index (χ1) is 12.0. The van der Waals surface area contributed by atoms with Gasteiger partial charge >= 0.3 is 5.63 Å². The topological polar surface area (TPSA) is 108 Å². The Morgan fingerprint density at radius 3 is 2.68 bits per heavy atom. The first-order valence-corrected chi connectivity index (χ1v) is 8.10. The van der Waals surface area contributed by atoms with Crippen molar-refractivity contribution in [3.05, 3.63) is 61.4 Å². The fourth-order valence-electron chi connectivity index (χ4n) is 2.98. The molecule has 0 amide bonds. The molecule has 4 rings (SSSR count). The predicted octanol–water partition coefficient (Wildman–Crippen LogP) is 2.66. The quantitative estimate of drug-likeness (QED) is 0.780. The number of allylic oxidation sites excluding steroid dienone is 1. The van der Waals surface area contributed by atoms with E-state index >= 15 is 0 Å². The maximum atomic E-state index is 12.5. The van der Waals surface area contributed by atoms with Gasteiger partial charge in [0.15, 0.2) is 11.5 Å². The minimum absolute atomic E-state index is 0.0467. The minimum atomic E-state index is -0.741. The molecule has 25 heavy (non-hydrogen) atoms. The van der Waals surface area contributed by atoms with Crippen LogP contribution in [0.1, 0.15) is 22.8 Å². The summed E-state index contributed by atoms with van der Waals surface area (Å²) in [6.07, 6.45) is 0. The Balaban J connectivity index is 2.01. The third kappa shape index (κ3) is 2.36. The number of benzene rings is 1. The molecule has 0 bridgehead atoms. The van der Waals surface area contributed by atoms with E-state index in [2.05, 4.69) is 15.9 Å². The lowest BCUT2D eigenvalue weighted by Crippen LogP contribution is -2.26. The van der Waals surface area contributed by atoms with Crippen molar-refractivity contribution in [2.24, 2.45) is 5.73 Å². The van der Waals surface area contributed by atoms with Gasteiger partial charge in [-0.2, -0.15) is 5.26 Å². The van der Waals surface area contributed by atoms with Crippen molar-refractivity contribution < 1.29 is 18.6 Å². The molecule has 8 heteroatoms. The smallest absolute Gasteiger partial charge is 0.343 e. The third-order valence-corrected chi connectivity index (χ3v) is 4.75. The van der Waals surface area contributed by atoms with Gasteiger partial charge in [0, 0.05) is 10.5 Å². The average molecular weight is 403 g/mol. The lowest BCUT2D eigenvalue weighted by atomic mass is 9.84. The van der Waals surface area contributed by atoms with Crippen LogP contribution in [-0.2, 0) is 0 Å². The summed E-state index contributed by atoms with van der Waals surface area (Å²) in [4.78, 5) is 12.5. The standard InChI is InChI=1S/C17H11BrN2O5/c1-7-2-13-15(17(21)24-7)14(9(5-19)16(20)25-13)8-3-11-12(4-10(8)18)23-6-22-11/h2-4,14H,6,20H2,1H3/t14-/m1/s1. The number of fused-ring (bicyclic) bond motifs is 2. The normalized spacial score (nSPS) is 17.7. The number of nitrogens with two attached hydrogens (primary N) is 1. The highest BCUT2D eigenvalue weighted by Gasteiger charge is 2.36. The Labute approximate surface area is 150 Å². The summed E-state index contributed by atoms with van der Waals surface area (Å²) in [6, 6.07) is 7.06. The first-order valence-electron chi connectivity index (χ1n) is 7.31. The van der Waals surface area contributed by atoms with Gasteiger partial charge in [0.1, 0.15) is 23.2 Å². The first kappa shape index (κ1) is 15.6. The zero-order valence-electron chi connectivity index (χ0n) is 13.0. The molecule has 0 unspecified atom stereocenters. The van der Waals surface area contributed by atoms with E-state index in [0.717, 1.165) is 0 Å². The van der Waals surface area contributed by atoms with Gasteiger partial charge in [0.25, 0.3) is 0 Å². The molecule has 0 spiro atoms. The highest BCUT2D eigenvalue weighted by Crippen LogP contribution is 2.46. The Bertz CT molecular complexity index is 1030. The maximum Gasteiger partial charge on any atom is 0.343 e. The Morgan fingerprint density at radius 1 is 1.24 bits per heavy atom. The molecule has 7 nitrogen and oxygen atoms in total. The second-order valence-corrected chi connectivity index (χ2v) is 6.43. The van der Waals surface area contributed by atoms with Crippen molar-refractivity contribution in [1.82, 2.24) is 0 Å². The fraction of sp³-hybridized carbons (Fsp3) is 0.176. The molecule has 1 aromatic heterocycles. The van der Waals surface area contributed by atoms with Crippen LogP contribution in [0.4, 0.5) is 0 Å². The molecule has 0 fully saturated rings. The third-order valence-electron chi connectivity index (χ3n) is 4.06. The number of aryl methyl sites for hydroxylation is 1. The molecule has 0 saturated heterocycles. The SMILES string of the molecule is Cc1cc2c(c(=O)o1)[C@H](c1cc3c(cc1Br)OCO3)C(C#N)=C(N)O2. The van der Waals surface area contributed by atoms with Crippen LogP contribution < -0.4 is 25.6 Å². The maximum absolute atomic E-state index is 12.5. The summed E-state index contributed by atoms with van der Waals surface area (Å²) in [7, 11) is 0. The summed E-state index contributed by atoms with van der Waals surface area (Å²) in [6.45, 7) is 1.75. The predicted molar refractivity (Wildman–Crippen MR) is 89.3 cm³/mol. The molecular formula is C17H11BrN2O5. The molecule has 2 N–H and O–H groups in total. The monoisotopic (exact) mass is 402 g/mol. The molecule has 0 radical (unpaired) electrons. The molecule has 0 aliphatic carbocycles. The van der Waals surface area contributed by atoms with E-state index in [1.165, 1.54) is 0 Å². The molecule has 3 heterocycles. The van der Waals surface area contributed by atoms with Gasteiger partial charge in [-0.3, -0.25) is 0 Å². The van der Waals surface area contributed by atoms with Gasteiger partial charge in [-0.05, 0) is 24.6 Å². The second kappa shape index (κ2) is 5.57. The Hall–Kier alpha value is -2.92. The van der Waals surface area contributed by atoms with Crippen molar-refractivity contribution in [3.63, 3.8) is 0 Å². The number of rotatable bonds is 1. The van der Waals surface area contributed by atoms with Gasteiger partial charge in [-0.25, -0.2) is 4.79 Å². The molecule has 2 aliphatic rings. The minimum Gasteiger partial charge on any atom is -0.454 e. The van der Waals surface area contributed by atoms with Crippen LogP contribution in [0.25, 0.3) is 0 Å². The van der Waals surface area contributed by atoms with Crippen LogP contribution in [0.5, 0.6) is 17.2 Å². The van der Waals surface area contributed by atoms with E-state index < -0.39 is 11.5 Å². The zero-order chi connectivity index (χ0) is 17.7. The van der Waals surface area contributed by atoms with Crippen molar-refractivity contribution >= 4 is 15.9 Å². The molecule has 126 valence electrons. The van der Waals surface area contributed by atoms with E-state index in [1.807, 2.05) is 6.07 Å². The van der Waals surface area contributed by atoms with E-state index in [0.29, 0.717) is 27.3 Å². The van der Waals surface area contributed by atoms with Gasteiger partial charge in [0.05, 0.1) is 11.5 Å². The van der Waals surface area contributed by atoms with Crippen LogP contribution in [0, 0.1) is 18.3 Å². The van der Waals surface area contributed by atoms with Crippen LogP contribution in [-0.4, -0.2) is 6.79 Å². The average Bonchev–Trinajstić information content (AvgIpc) is 2.99. The summed E-state index contributed by atoms with van der Waals surface area (Å²) in [5.41, 5.74) is 6.32. The molecule has 2 aliphatic heterocycles. The van der Waals surface area contributed by atoms with Crippen molar-refractivity contribution in [1.29, 1.82) is 5.26 Å². The lowest BCUT2D eigenvalue weighted by molar-refractivity contribution is 0.174. The van der Waals surface area contributed by atoms with Crippen LogP contribution in [0.2, 0.25) is 0 Å². The highest BCUT2D eigenvalue weighted by atomic mass is 79.9. The molecule has 1 aromatic carbocycles. The number of ether oxygens (including phenoxy) is 3. The van der Waals surface area contributed by atoms with Crippen LogP contribution in [0.15, 0.2) is 43.3 Å². The number of hydrogen-bond donors (Lipinski definition) is 1. The van der Waals surface area contributed by atoms with E-state index in [9.17, 15) is 10.1 Å². The van der Waals surface area contributed by atoms with Crippen LogP contribution in [0.3, 0.4) is 0 Å². The molecule has 0 saturated carbocycles. The van der Waals surface area contributed by atoms with Crippen molar-refractivity contribution in [3.8, 4) is 23.3 Å². The Morgan fingerprint density at radius 2 is 1.96 bits per heavy atom. The fourth-order valence-corrected chi connectivity index (χ4v) is 3.53. The lowest BCUT2D eigenvalue weighted by Gasteiger charge is -2.26. The van der Waals surface area contributed by atoms with E-state index in [-0.39, 0.29) is 29.6 Å². The van der Waals surface area contributed by atoms with Crippen molar-refractivity contribution in [2.45, 2.75) is 12.8 Å². The largest absolute Gasteiger partial charge is 0.454 e. The summed E-state index contributed by atoms with van der Waals surface area (Å²) < 4.78 is 22.1. The Kier molecular flexibility index (Phi) is 3.47. The van der Waals surface area contributed by atoms with E-state index in [1.54, 1.807) is 25.1 Å². The number of halogens is 1. The summed E-state index contributed by atoms with van der Waals surface area (Å²) in [5, 5.41) is 9.58. The molecule has 2 aromatic rings.